The fraction of sp³-hybridized carbons (Fsp3) is 0.357. The van der Waals surface area contributed by atoms with Crippen LogP contribution < -0.4 is 9.47 Å². The maximum absolute atomic E-state index is 13.2. The van der Waals surface area contributed by atoms with Gasteiger partial charge in [-0.25, -0.2) is 9.79 Å². The summed E-state index contributed by atoms with van der Waals surface area (Å²) in [6.45, 7) is 6.51. The summed E-state index contributed by atoms with van der Waals surface area (Å²) >= 11 is 1.27. The van der Waals surface area contributed by atoms with Gasteiger partial charge in [0.25, 0.3) is 11.8 Å². The number of methoxy groups -OCH3 is 1. The number of hydrogen-bond acceptors (Lipinski definition) is 9. The zero-order chi connectivity index (χ0) is 27.8. The van der Waals surface area contributed by atoms with Gasteiger partial charge < -0.3 is 23.8 Å². The van der Waals surface area contributed by atoms with Crippen molar-refractivity contribution in [1.82, 2.24) is 9.80 Å². The number of amidine groups is 1. The Morgan fingerprint density at radius 3 is 2.59 bits per heavy atom. The molecule has 2 aliphatic heterocycles. The molecule has 0 radical (unpaired) electrons. The van der Waals surface area contributed by atoms with Crippen molar-refractivity contribution in [2.45, 2.75) is 13.8 Å². The molecule has 2 aliphatic rings. The number of esters is 1. The van der Waals surface area contributed by atoms with E-state index in [0.29, 0.717) is 72.3 Å². The Kier molecular flexibility index (Phi) is 9.61. The van der Waals surface area contributed by atoms with Gasteiger partial charge in [0.15, 0.2) is 23.3 Å². The average Bonchev–Trinajstić information content (AvgIpc) is 3.25. The first kappa shape index (κ1) is 28.2. The van der Waals surface area contributed by atoms with E-state index >= 15 is 0 Å². The minimum atomic E-state index is -0.501. The van der Waals surface area contributed by atoms with Crippen LogP contribution in [0.5, 0.6) is 11.5 Å². The lowest BCUT2D eigenvalue weighted by Crippen LogP contribution is -2.40. The molecule has 4 rings (SSSR count). The number of carbonyl (C=O) groups excluding carboxylic acids is 3. The zero-order valence-corrected chi connectivity index (χ0v) is 23.0. The highest BCUT2D eigenvalue weighted by molar-refractivity contribution is 8.18. The first-order chi connectivity index (χ1) is 18.9. The van der Waals surface area contributed by atoms with Gasteiger partial charge in [0.05, 0.1) is 37.5 Å². The lowest BCUT2D eigenvalue weighted by atomic mass is 10.1. The summed E-state index contributed by atoms with van der Waals surface area (Å²) in [5, 5.41) is 0.535. The van der Waals surface area contributed by atoms with E-state index in [-0.39, 0.29) is 18.4 Å². The smallest absolute Gasteiger partial charge is 0.343 e. The minimum absolute atomic E-state index is 0.0625. The van der Waals surface area contributed by atoms with Crippen molar-refractivity contribution >= 4 is 46.5 Å². The van der Waals surface area contributed by atoms with Crippen LogP contribution in [-0.2, 0) is 19.1 Å². The number of thioether (sulfide) groups is 1. The first-order valence-corrected chi connectivity index (χ1v) is 13.5. The lowest BCUT2D eigenvalue weighted by molar-refractivity contribution is -0.142. The number of carbonyl (C=O) groups is 3. The summed E-state index contributed by atoms with van der Waals surface area (Å²) in [5.41, 5.74) is 1.87. The number of morpholine rings is 1. The number of nitrogens with zero attached hydrogens (tertiary/aromatic N) is 3. The van der Waals surface area contributed by atoms with Crippen LogP contribution >= 0.6 is 11.8 Å². The summed E-state index contributed by atoms with van der Waals surface area (Å²) in [7, 11) is 1.29. The van der Waals surface area contributed by atoms with Crippen molar-refractivity contribution in [3.05, 3.63) is 58.5 Å². The summed E-state index contributed by atoms with van der Waals surface area (Å²) in [6.07, 6.45) is 1.77. The van der Waals surface area contributed by atoms with Gasteiger partial charge in [-0.1, -0.05) is 12.1 Å². The number of ether oxygens (including phenoxy) is 4. The third kappa shape index (κ3) is 6.98. The standard InChI is InChI=1S/C28H31N3O7S/c1-4-31-27(34)24(16-19-9-10-22(23(15-19)37-5-2)38-18-25(32)35-3)39-28(31)29-21-8-6-7-20(17-21)26(33)30-11-13-36-14-12-30/h6-10,15-17H,4-5,11-14,18H2,1-3H3/b24-16+,29-28?. The van der Waals surface area contributed by atoms with Crippen molar-refractivity contribution in [1.29, 1.82) is 0 Å². The molecule has 0 atom stereocenters. The number of hydrogen-bond donors (Lipinski definition) is 0. The molecule has 0 unspecified atom stereocenters. The number of rotatable bonds is 9. The van der Waals surface area contributed by atoms with Gasteiger partial charge in [-0.15, -0.1) is 0 Å². The second-order valence-electron chi connectivity index (χ2n) is 8.51. The molecule has 11 heteroatoms. The van der Waals surface area contributed by atoms with Crippen molar-refractivity contribution < 1.29 is 33.3 Å². The van der Waals surface area contributed by atoms with Crippen LogP contribution in [0.2, 0.25) is 0 Å². The van der Waals surface area contributed by atoms with Gasteiger partial charge >= 0.3 is 5.97 Å². The van der Waals surface area contributed by atoms with Gasteiger partial charge in [-0.2, -0.15) is 0 Å². The van der Waals surface area contributed by atoms with Crippen molar-refractivity contribution in [3.8, 4) is 11.5 Å². The Labute approximate surface area is 231 Å². The Hall–Kier alpha value is -3.83. The van der Waals surface area contributed by atoms with Crippen LogP contribution in [0.15, 0.2) is 52.4 Å². The number of likely N-dealkylation sites (N-methyl/N-ethyl adjacent to an activating group) is 1. The fourth-order valence-electron chi connectivity index (χ4n) is 3.99. The minimum Gasteiger partial charge on any atom is -0.490 e. The van der Waals surface area contributed by atoms with E-state index in [0.717, 1.165) is 5.56 Å². The molecule has 0 N–H and O–H groups in total. The summed E-state index contributed by atoms with van der Waals surface area (Å²) in [5.74, 6) is 0.130. The second kappa shape index (κ2) is 13.3. The van der Waals surface area contributed by atoms with Gasteiger partial charge in [0.2, 0.25) is 0 Å². The van der Waals surface area contributed by atoms with E-state index in [9.17, 15) is 14.4 Å². The van der Waals surface area contributed by atoms with E-state index in [1.165, 1.54) is 18.9 Å². The molecular weight excluding hydrogens is 522 g/mol. The molecule has 0 bridgehead atoms. The van der Waals surface area contributed by atoms with Crippen molar-refractivity contribution in [2.24, 2.45) is 4.99 Å². The van der Waals surface area contributed by atoms with Crippen LogP contribution in [0.3, 0.4) is 0 Å². The third-order valence-electron chi connectivity index (χ3n) is 5.96. The van der Waals surface area contributed by atoms with E-state index in [1.54, 1.807) is 52.3 Å². The first-order valence-electron chi connectivity index (χ1n) is 12.7. The molecule has 2 saturated heterocycles. The van der Waals surface area contributed by atoms with Crippen LogP contribution in [0.1, 0.15) is 29.8 Å². The molecular formula is C28H31N3O7S. The normalized spacial score (nSPS) is 17.6. The van der Waals surface area contributed by atoms with Gasteiger partial charge in [-0.05, 0) is 67.6 Å². The molecule has 39 heavy (non-hydrogen) atoms. The summed E-state index contributed by atoms with van der Waals surface area (Å²) in [6, 6.07) is 12.3. The van der Waals surface area contributed by atoms with Crippen LogP contribution in [-0.4, -0.2) is 85.9 Å². The monoisotopic (exact) mass is 553 g/mol. The topological polar surface area (TPSA) is 107 Å². The van der Waals surface area contributed by atoms with E-state index in [1.807, 2.05) is 19.9 Å². The molecule has 0 spiro atoms. The van der Waals surface area contributed by atoms with Crippen molar-refractivity contribution in [2.75, 3.05) is 53.2 Å². The van der Waals surface area contributed by atoms with Crippen LogP contribution in [0, 0.1) is 0 Å². The Morgan fingerprint density at radius 2 is 1.87 bits per heavy atom. The van der Waals surface area contributed by atoms with E-state index < -0.39 is 5.97 Å². The average molecular weight is 554 g/mol. The summed E-state index contributed by atoms with van der Waals surface area (Å²) in [4.78, 5) is 46.1. The van der Waals surface area contributed by atoms with E-state index in [2.05, 4.69) is 4.74 Å². The molecule has 206 valence electrons. The van der Waals surface area contributed by atoms with Crippen LogP contribution in [0.4, 0.5) is 5.69 Å². The van der Waals surface area contributed by atoms with Gasteiger partial charge in [-0.3, -0.25) is 14.5 Å². The molecule has 2 amide bonds. The number of aliphatic imine (C=N–C) groups is 1. The number of amides is 2. The number of benzene rings is 2. The maximum atomic E-state index is 13.2. The molecule has 2 aromatic rings. The molecule has 2 heterocycles. The highest BCUT2D eigenvalue weighted by Gasteiger charge is 2.32. The molecule has 0 aromatic heterocycles. The van der Waals surface area contributed by atoms with Crippen molar-refractivity contribution in [3.63, 3.8) is 0 Å². The predicted octanol–water partition coefficient (Wildman–Crippen LogP) is 3.73. The molecule has 2 aromatic carbocycles. The predicted molar refractivity (Wildman–Crippen MR) is 148 cm³/mol. The van der Waals surface area contributed by atoms with E-state index in [4.69, 9.17) is 19.2 Å². The lowest BCUT2D eigenvalue weighted by Gasteiger charge is -2.26. The largest absolute Gasteiger partial charge is 0.490 e. The van der Waals surface area contributed by atoms with Gasteiger partial charge in [0, 0.05) is 25.2 Å². The third-order valence-corrected chi connectivity index (χ3v) is 6.97. The molecule has 0 saturated carbocycles. The fourth-order valence-corrected chi connectivity index (χ4v) is 5.05. The molecule has 0 aliphatic carbocycles. The molecule has 2 fully saturated rings. The Morgan fingerprint density at radius 1 is 1.08 bits per heavy atom. The van der Waals surface area contributed by atoms with Gasteiger partial charge in [0.1, 0.15) is 0 Å². The molecule has 10 nitrogen and oxygen atoms in total. The Bertz CT molecular complexity index is 1290. The summed E-state index contributed by atoms with van der Waals surface area (Å²) < 4.78 is 21.2. The highest BCUT2D eigenvalue weighted by atomic mass is 32.2. The zero-order valence-electron chi connectivity index (χ0n) is 22.2. The second-order valence-corrected chi connectivity index (χ2v) is 9.52. The quantitative estimate of drug-likeness (QED) is 0.342. The van der Waals surface area contributed by atoms with Crippen LogP contribution in [0.25, 0.3) is 6.08 Å². The Balaban J connectivity index is 1.55. The maximum Gasteiger partial charge on any atom is 0.343 e. The highest BCUT2D eigenvalue weighted by Crippen LogP contribution is 2.36. The SMILES string of the molecule is CCOc1cc(/C=C2/SC(=Nc3cccc(C(=O)N4CCOCC4)c3)N(CC)C2=O)ccc1OCC(=O)OC.